The molecule has 0 spiro atoms. The Labute approximate surface area is 103 Å². The Balaban J connectivity index is 2.35. The zero-order chi connectivity index (χ0) is 13.4. The predicted molar refractivity (Wildman–Crippen MR) is 60.7 cm³/mol. The molecule has 1 aromatic rings. The molecule has 1 aromatic heterocycles. The van der Waals surface area contributed by atoms with Crippen molar-refractivity contribution in [3.05, 3.63) is 31.0 Å². The van der Waals surface area contributed by atoms with Gasteiger partial charge in [0.25, 0.3) is 0 Å². The number of alkyl halides is 3. The predicted octanol–water partition coefficient (Wildman–Crippen LogP) is 3.37. The minimum absolute atomic E-state index is 0.0780. The maximum atomic E-state index is 11.9. The zero-order valence-electron chi connectivity index (χ0n) is 9.74. The molecule has 0 fully saturated rings. The molecule has 0 bridgehead atoms. The van der Waals surface area contributed by atoms with Crippen molar-refractivity contribution in [1.82, 2.24) is 4.98 Å². The van der Waals surface area contributed by atoms with E-state index >= 15 is 0 Å². The lowest BCUT2D eigenvalue weighted by molar-refractivity contribution is -0.154. The van der Waals surface area contributed by atoms with Gasteiger partial charge in [-0.1, -0.05) is 6.08 Å². The van der Waals surface area contributed by atoms with Gasteiger partial charge in [0, 0.05) is 6.07 Å². The molecular formula is C12H14F3NO2. The van der Waals surface area contributed by atoms with E-state index in [0.717, 1.165) is 12.8 Å². The van der Waals surface area contributed by atoms with Crippen LogP contribution in [0.15, 0.2) is 31.0 Å². The summed E-state index contributed by atoms with van der Waals surface area (Å²) >= 11 is 0. The first-order chi connectivity index (χ1) is 8.51. The molecule has 0 aliphatic heterocycles. The van der Waals surface area contributed by atoms with Gasteiger partial charge >= 0.3 is 6.18 Å². The van der Waals surface area contributed by atoms with Crippen LogP contribution in [-0.4, -0.2) is 24.4 Å². The standard InChI is InChI=1S/C12H14F3NO2/c1-2-3-4-7-17-10-5-6-11(16-8-10)18-9-12(13,14)15/h2,5-6,8H,1,3-4,7,9H2. The number of unbranched alkanes of at least 4 members (excludes halogenated alkanes) is 1. The number of rotatable bonds is 7. The molecule has 0 amide bonds. The molecule has 1 heterocycles. The van der Waals surface area contributed by atoms with Crippen LogP contribution in [-0.2, 0) is 0 Å². The van der Waals surface area contributed by atoms with Crippen LogP contribution in [0.2, 0.25) is 0 Å². The second-order valence-electron chi connectivity index (χ2n) is 3.52. The monoisotopic (exact) mass is 261 g/mol. The van der Waals surface area contributed by atoms with Gasteiger partial charge < -0.3 is 9.47 Å². The molecule has 0 N–H and O–H groups in total. The summed E-state index contributed by atoms with van der Waals surface area (Å²) in [7, 11) is 0. The molecule has 18 heavy (non-hydrogen) atoms. The van der Waals surface area contributed by atoms with Gasteiger partial charge in [0.2, 0.25) is 5.88 Å². The van der Waals surface area contributed by atoms with Crippen molar-refractivity contribution >= 4 is 0 Å². The molecule has 0 saturated carbocycles. The molecule has 0 radical (unpaired) electrons. The molecule has 100 valence electrons. The van der Waals surface area contributed by atoms with Crippen molar-refractivity contribution < 1.29 is 22.6 Å². The van der Waals surface area contributed by atoms with Crippen molar-refractivity contribution in [1.29, 1.82) is 0 Å². The van der Waals surface area contributed by atoms with Crippen LogP contribution in [0.25, 0.3) is 0 Å². The van der Waals surface area contributed by atoms with E-state index in [-0.39, 0.29) is 5.88 Å². The van der Waals surface area contributed by atoms with Crippen LogP contribution >= 0.6 is 0 Å². The van der Waals surface area contributed by atoms with Gasteiger partial charge in [-0.15, -0.1) is 6.58 Å². The Morgan fingerprint density at radius 3 is 2.61 bits per heavy atom. The average molecular weight is 261 g/mol. The van der Waals surface area contributed by atoms with Crippen LogP contribution in [0.4, 0.5) is 13.2 Å². The molecule has 6 heteroatoms. The van der Waals surface area contributed by atoms with Gasteiger partial charge in [-0.05, 0) is 18.9 Å². The molecular weight excluding hydrogens is 247 g/mol. The normalized spacial score (nSPS) is 11.1. The molecule has 0 aliphatic rings. The minimum atomic E-state index is -4.36. The third-order valence-electron chi connectivity index (χ3n) is 1.91. The Bertz CT molecular complexity index is 363. The van der Waals surface area contributed by atoms with Gasteiger partial charge in [0.1, 0.15) is 5.75 Å². The van der Waals surface area contributed by atoms with Gasteiger partial charge in [-0.2, -0.15) is 13.2 Å². The summed E-state index contributed by atoms with van der Waals surface area (Å²) in [6, 6.07) is 2.86. The maximum Gasteiger partial charge on any atom is 0.422 e. The SMILES string of the molecule is C=CCCCOc1ccc(OCC(F)(F)F)nc1. The van der Waals surface area contributed by atoms with E-state index < -0.39 is 12.8 Å². The smallest absolute Gasteiger partial charge is 0.422 e. The average Bonchev–Trinajstić information content (AvgIpc) is 2.33. The highest BCUT2D eigenvalue weighted by molar-refractivity contribution is 5.22. The zero-order valence-corrected chi connectivity index (χ0v) is 9.74. The first-order valence-electron chi connectivity index (χ1n) is 5.40. The van der Waals surface area contributed by atoms with E-state index in [1.54, 1.807) is 6.08 Å². The molecule has 0 atom stereocenters. The van der Waals surface area contributed by atoms with Crippen molar-refractivity contribution in [2.24, 2.45) is 0 Å². The summed E-state index contributed by atoms with van der Waals surface area (Å²) in [5.41, 5.74) is 0. The summed E-state index contributed by atoms with van der Waals surface area (Å²) in [5, 5.41) is 0. The number of pyridine rings is 1. The Hall–Kier alpha value is -1.72. The molecule has 0 aromatic carbocycles. The fourth-order valence-corrected chi connectivity index (χ4v) is 1.11. The fourth-order valence-electron chi connectivity index (χ4n) is 1.11. The third kappa shape index (κ3) is 6.12. The van der Waals surface area contributed by atoms with E-state index in [2.05, 4.69) is 16.3 Å². The van der Waals surface area contributed by atoms with E-state index in [9.17, 15) is 13.2 Å². The number of halogens is 3. The third-order valence-corrected chi connectivity index (χ3v) is 1.91. The molecule has 0 aliphatic carbocycles. The fraction of sp³-hybridized carbons (Fsp3) is 0.417. The van der Waals surface area contributed by atoms with Gasteiger partial charge in [0.05, 0.1) is 12.8 Å². The van der Waals surface area contributed by atoms with Crippen molar-refractivity contribution in [2.75, 3.05) is 13.2 Å². The van der Waals surface area contributed by atoms with Crippen molar-refractivity contribution in [3.8, 4) is 11.6 Å². The van der Waals surface area contributed by atoms with Crippen LogP contribution in [0, 0.1) is 0 Å². The summed E-state index contributed by atoms with van der Waals surface area (Å²) in [5.74, 6) is 0.421. The molecule has 0 saturated heterocycles. The quantitative estimate of drug-likeness (QED) is 0.557. The largest absolute Gasteiger partial charge is 0.492 e. The van der Waals surface area contributed by atoms with Crippen molar-refractivity contribution in [2.45, 2.75) is 19.0 Å². The van der Waals surface area contributed by atoms with Crippen LogP contribution in [0.3, 0.4) is 0 Å². The second kappa shape index (κ2) is 6.88. The van der Waals surface area contributed by atoms with E-state index in [1.807, 2.05) is 0 Å². The summed E-state index contributed by atoms with van der Waals surface area (Å²) in [4.78, 5) is 3.71. The van der Waals surface area contributed by atoms with Gasteiger partial charge in [0.15, 0.2) is 6.61 Å². The number of aromatic nitrogens is 1. The Morgan fingerprint density at radius 2 is 2.06 bits per heavy atom. The minimum Gasteiger partial charge on any atom is -0.492 e. The van der Waals surface area contributed by atoms with Crippen LogP contribution < -0.4 is 9.47 Å². The highest BCUT2D eigenvalue weighted by Crippen LogP contribution is 2.18. The van der Waals surface area contributed by atoms with Crippen LogP contribution in [0.1, 0.15) is 12.8 Å². The second-order valence-corrected chi connectivity index (χ2v) is 3.52. The number of hydrogen-bond donors (Lipinski definition) is 0. The molecule has 1 rings (SSSR count). The number of ether oxygens (including phenoxy) is 2. The Morgan fingerprint density at radius 1 is 1.28 bits per heavy atom. The highest BCUT2D eigenvalue weighted by atomic mass is 19.4. The highest BCUT2D eigenvalue weighted by Gasteiger charge is 2.28. The van der Waals surface area contributed by atoms with Crippen molar-refractivity contribution in [3.63, 3.8) is 0 Å². The lowest BCUT2D eigenvalue weighted by Crippen LogP contribution is -2.19. The lowest BCUT2D eigenvalue weighted by atomic mass is 10.3. The maximum absolute atomic E-state index is 11.9. The lowest BCUT2D eigenvalue weighted by Gasteiger charge is -2.09. The summed E-state index contributed by atoms with van der Waals surface area (Å²) < 4.78 is 45.4. The van der Waals surface area contributed by atoms with E-state index in [1.165, 1.54) is 18.3 Å². The Kier molecular flexibility index (Phi) is 5.48. The van der Waals surface area contributed by atoms with Gasteiger partial charge in [-0.25, -0.2) is 4.98 Å². The number of hydrogen-bond acceptors (Lipinski definition) is 3. The van der Waals surface area contributed by atoms with E-state index in [4.69, 9.17) is 4.74 Å². The number of allylic oxidation sites excluding steroid dienone is 1. The van der Waals surface area contributed by atoms with Gasteiger partial charge in [-0.3, -0.25) is 0 Å². The number of nitrogens with zero attached hydrogens (tertiary/aromatic N) is 1. The summed E-state index contributed by atoms with van der Waals surface area (Å²) in [6.07, 6.45) is 0.437. The van der Waals surface area contributed by atoms with E-state index in [0.29, 0.717) is 12.4 Å². The first-order valence-corrected chi connectivity index (χ1v) is 5.40. The molecule has 0 unspecified atom stereocenters. The van der Waals surface area contributed by atoms with Crippen LogP contribution in [0.5, 0.6) is 11.6 Å². The summed E-state index contributed by atoms with van der Waals surface area (Å²) in [6.45, 7) is 2.74. The topological polar surface area (TPSA) is 31.4 Å². The first kappa shape index (κ1) is 14.3. The molecule has 3 nitrogen and oxygen atoms in total.